The van der Waals surface area contributed by atoms with Gasteiger partial charge in [-0.1, -0.05) is 155 Å². The maximum Gasteiger partial charge on any atom is 0.305 e. The van der Waals surface area contributed by atoms with Crippen LogP contribution < -0.4 is 0 Å². The van der Waals surface area contributed by atoms with Crippen molar-refractivity contribution in [2.45, 2.75) is 194 Å². The number of carbonyl (C=O) groups excluding carboxylic acids is 2. The van der Waals surface area contributed by atoms with E-state index in [1.807, 2.05) is 0 Å². The molecule has 0 saturated carbocycles. The molecular weight excluding hydrogens is 580 g/mol. The van der Waals surface area contributed by atoms with Gasteiger partial charge in [0.2, 0.25) is 11.8 Å². The fourth-order valence-corrected chi connectivity index (χ4v) is 5.98. The number of carbonyl (C=O) groups is 4. The highest BCUT2D eigenvalue weighted by Crippen LogP contribution is 2.15. The van der Waals surface area contributed by atoms with Gasteiger partial charge in [0.15, 0.2) is 0 Å². The minimum absolute atomic E-state index is 0.0834. The molecule has 0 unspecified atom stereocenters. The second kappa shape index (κ2) is 32.8. The molecular formula is C38H72N2O6. The van der Waals surface area contributed by atoms with E-state index in [1.165, 1.54) is 116 Å². The topological polar surface area (TPSA) is 115 Å². The number of carboxylic acids is 2. The van der Waals surface area contributed by atoms with Crippen molar-refractivity contribution in [2.24, 2.45) is 0 Å². The first-order chi connectivity index (χ1) is 22.3. The van der Waals surface area contributed by atoms with E-state index >= 15 is 0 Å². The van der Waals surface area contributed by atoms with Gasteiger partial charge in [-0.25, -0.2) is 0 Å². The van der Waals surface area contributed by atoms with Crippen molar-refractivity contribution in [3.63, 3.8) is 0 Å². The molecule has 0 fully saturated rings. The summed E-state index contributed by atoms with van der Waals surface area (Å²) in [7, 11) is 0. The minimum Gasteiger partial charge on any atom is -0.481 e. The Balaban J connectivity index is 4.46. The molecule has 0 rings (SSSR count). The van der Waals surface area contributed by atoms with Gasteiger partial charge in [0, 0.05) is 39.0 Å². The summed E-state index contributed by atoms with van der Waals surface area (Å²) in [6.07, 6.45) is 29.5. The van der Waals surface area contributed by atoms with Gasteiger partial charge in [-0.2, -0.15) is 0 Å². The van der Waals surface area contributed by atoms with E-state index in [4.69, 9.17) is 0 Å². The molecule has 0 aromatic heterocycles. The molecule has 0 spiro atoms. The van der Waals surface area contributed by atoms with Crippen molar-refractivity contribution in [3.05, 3.63) is 0 Å². The third-order valence-electron chi connectivity index (χ3n) is 9.02. The Hall–Kier alpha value is -2.12. The third-order valence-corrected chi connectivity index (χ3v) is 9.02. The van der Waals surface area contributed by atoms with Crippen molar-refractivity contribution in [3.8, 4) is 0 Å². The molecule has 46 heavy (non-hydrogen) atoms. The predicted octanol–water partition coefficient (Wildman–Crippen LogP) is 9.78. The summed E-state index contributed by atoms with van der Waals surface area (Å²) in [5.74, 6) is -2.09. The van der Waals surface area contributed by atoms with Crippen LogP contribution in [0.4, 0.5) is 0 Å². The fraction of sp³-hybridized carbons (Fsp3) is 0.895. The first-order valence-corrected chi connectivity index (χ1v) is 19.3. The molecule has 0 aliphatic heterocycles. The Morgan fingerprint density at radius 1 is 0.348 bits per heavy atom. The average Bonchev–Trinajstić information content (AvgIpc) is 3.02. The summed E-state index contributed by atoms with van der Waals surface area (Å²) in [5, 5.41) is 18.4. The molecule has 0 aliphatic carbocycles. The second-order valence-electron chi connectivity index (χ2n) is 13.3. The first-order valence-electron chi connectivity index (χ1n) is 19.3. The summed E-state index contributed by atoms with van der Waals surface area (Å²) in [5.41, 5.74) is 0. The molecule has 8 heteroatoms. The smallest absolute Gasteiger partial charge is 0.305 e. The van der Waals surface area contributed by atoms with Crippen molar-refractivity contribution in [2.75, 3.05) is 26.2 Å². The maximum atomic E-state index is 13.0. The van der Waals surface area contributed by atoms with Crippen LogP contribution in [0.5, 0.6) is 0 Å². The van der Waals surface area contributed by atoms with Crippen LogP contribution in [-0.2, 0) is 19.2 Å². The maximum absolute atomic E-state index is 13.0. The molecule has 0 saturated heterocycles. The number of unbranched alkanes of at least 4 members (excludes halogenated alkanes) is 22. The van der Waals surface area contributed by atoms with Crippen molar-refractivity contribution < 1.29 is 29.4 Å². The lowest BCUT2D eigenvalue weighted by Gasteiger charge is -2.28. The standard InChI is InChI=1S/C38H72N2O6/c1-3-5-7-9-11-13-15-17-19-21-23-25-27-35(41)39(31-29-37(43)44)33-34-40(32-30-38(45)46)36(42)28-26-24-22-20-18-16-14-12-10-8-6-4-2/h3-34H2,1-2H3,(H,43,44)(H,45,46). The molecule has 270 valence electrons. The lowest BCUT2D eigenvalue weighted by atomic mass is 10.0. The number of hydrogen-bond acceptors (Lipinski definition) is 4. The highest BCUT2D eigenvalue weighted by Gasteiger charge is 2.19. The SMILES string of the molecule is CCCCCCCCCCCCCCC(=O)N(CCC(=O)O)CCN(CCC(=O)O)C(=O)CCCCCCCCCCCCCC. The van der Waals surface area contributed by atoms with E-state index in [-0.39, 0.29) is 50.8 Å². The number of nitrogens with zero attached hydrogens (tertiary/aromatic N) is 2. The number of carboxylic acid groups (broad SMARTS) is 2. The van der Waals surface area contributed by atoms with E-state index in [0.29, 0.717) is 12.8 Å². The van der Waals surface area contributed by atoms with Gasteiger partial charge in [-0.15, -0.1) is 0 Å². The predicted molar refractivity (Wildman–Crippen MR) is 189 cm³/mol. The number of aliphatic carboxylic acids is 2. The zero-order valence-electron chi connectivity index (χ0n) is 30.0. The van der Waals surface area contributed by atoms with E-state index in [1.54, 1.807) is 9.80 Å². The van der Waals surface area contributed by atoms with Crippen LogP contribution in [0.2, 0.25) is 0 Å². The molecule has 0 atom stereocenters. The zero-order valence-corrected chi connectivity index (χ0v) is 30.0. The van der Waals surface area contributed by atoms with Crippen LogP contribution >= 0.6 is 0 Å². The Morgan fingerprint density at radius 2 is 0.587 bits per heavy atom. The lowest BCUT2D eigenvalue weighted by molar-refractivity contribution is -0.141. The van der Waals surface area contributed by atoms with Crippen molar-refractivity contribution in [1.82, 2.24) is 9.80 Å². The van der Waals surface area contributed by atoms with E-state index < -0.39 is 11.9 Å². The lowest BCUT2D eigenvalue weighted by Crippen LogP contribution is -2.42. The molecule has 0 aliphatic rings. The van der Waals surface area contributed by atoms with E-state index in [0.717, 1.165) is 38.5 Å². The monoisotopic (exact) mass is 653 g/mol. The Labute approximate surface area is 282 Å². The Kier molecular flexibility index (Phi) is 31.3. The fourth-order valence-electron chi connectivity index (χ4n) is 5.98. The van der Waals surface area contributed by atoms with Gasteiger partial charge in [-0.05, 0) is 12.8 Å². The normalized spacial score (nSPS) is 11.1. The molecule has 8 nitrogen and oxygen atoms in total. The Bertz CT molecular complexity index is 697. The van der Waals surface area contributed by atoms with E-state index in [9.17, 15) is 29.4 Å². The second-order valence-corrected chi connectivity index (χ2v) is 13.3. The van der Waals surface area contributed by atoms with Crippen LogP contribution in [0.1, 0.15) is 194 Å². The summed E-state index contributed by atoms with van der Waals surface area (Å²) in [6, 6.07) is 0. The summed E-state index contributed by atoms with van der Waals surface area (Å²) < 4.78 is 0. The third kappa shape index (κ3) is 29.3. The zero-order chi connectivity index (χ0) is 34.1. The molecule has 0 radical (unpaired) electrons. The van der Waals surface area contributed by atoms with Gasteiger partial charge in [0.05, 0.1) is 12.8 Å². The summed E-state index contributed by atoms with van der Waals surface area (Å²) in [6.45, 7) is 5.15. The quantitative estimate of drug-likeness (QED) is 0.0659. The van der Waals surface area contributed by atoms with Crippen LogP contribution in [-0.4, -0.2) is 69.9 Å². The van der Waals surface area contributed by atoms with Crippen LogP contribution in [0, 0.1) is 0 Å². The molecule has 2 amide bonds. The van der Waals surface area contributed by atoms with Gasteiger partial charge >= 0.3 is 11.9 Å². The number of hydrogen-bond donors (Lipinski definition) is 2. The highest BCUT2D eigenvalue weighted by atomic mass is 16.4. The van der Waals surface area contributed by atoms with Gasteiger partial charge in [0.1, 0.15) is 0 Å². The minimum atomic E-state index is -0.964. The van der Waals surface area contributed by atoms with Crippen LogP contribution in [0.15, 0.2) is 0 Å². The summed E-state index contributed by atoms with van der Waals surface area (Å²) >= 11 is 0. The molecule has 0 aromatic rings. The van der Waals surface area contributed by atoms with Gasteiger partial charge < -0.3 is 20.0 Å². The largest absolute Gasteiger partial charge is 0.481 e. The molecule has 0 aromatic carbocycles. The van der Waals surface area contributed by atoms with E-state index in [2.05, 4.69) is 13.8 Å². The van der Waals surface area contributed by atoms with Crippen molar-refractivity contribution in [1.29, 1.82) is 0 Å². The Morgan fingerprint density at radius 3 is 0.826 bits per heavy atom. The molecule has 0 heterocycles. The van der Waals surface area contributed by atoms with Crippen molar-refractivity contribution >= 4 is 23.8 Å². The van der Waals surface area contributed by atoms with Gasteiger partial charge in [0.25, 0.3) is 0 Å². The van der Waals surface area contributed by atoms with Crippen LogP contribution in [0.25, 0.3) is 0 Å². The molecule has 2 N–H and O–H groups in total. The number of rotatable bonds is 35. The summed E-state index contributed by atoms with van der Waals surface area (Å²) in [4.78, 5) is 51.6. The van der Waals surface area contributed by atoms with Crippen LogP contribution in [0.3, 0.4) is 0 Å². The number of amides is 2. The van der Waals surface area contributed by atoms with Gasteiger partial charge in [-0.3, -0.25) is 19.2 Å². The first kappa shape index (κ1) is 43.9. The highest BCUT2D eigenvalue weighted by molar-refractivity contribution is 5.78. The molecule has 0 bridgehead atoms. The average molecular weight is 653 g/mol.